The number of piperidine rings is 1. The maximum absolute atomic E-state index is 13.5. The van der Waals surface area contributed by atoms with Crippen molar-refractivity contribution in [3.8, 4) is 17.3 Å². The van der Waals surface area contributed by atoms with Crippen LogP contribution in [-0.2, 0) is 13.0 Å². The fourth-order valence-corrected chi connectivity index (χ4v) is 6.36. The Morgan fingerprint density at radius 3 is 2.62 bits per heavy atom. The van der Waals surface area contributed by atoms with E-state index >= 15 is 0 Å². The monoisotopic (exact) mass is 526 g/mol. The number of hydrogen-bond donors (Lipinski definition) is 1. The maximum Gasteiger partial charge on any atom is 0.254 e. The lowest BCUT2D eigenvalue weighted by molar-refractivity contribution is 0.0708. The summed E-state index contributed by atoms with van der Waals surface area (Å²) in [5.41, 5.74) is 13.1. The van der Waals surface area contributed by atoms with E-state index in [0.29, 0.717) is 29.8 Å². The molecule has 0 unspecified atom stereocenters. The SMILES string of the molecule is CCc1ccc2cc(-c3nc4cc(C(=O)N5CCC[C@@H](N)C5)cc(OC)n4c3C3CCC3)n(CC3CC3)c2n1. The van der Waals surface area contributed by atoms with Crippen LogP contribution in [0.3, 0.4) is 0 Å². The van der Waals surface area contributed by atoms with E-state index in [4.69, 9.17) is 20.4 Å². The summed E-state index contributed by atoms with van der Waals surface area (Å²) in [6.07, 6.45) is 8.85. The van der Waals surface area contributed by atoms with E-state index in [9.17, 15) is 4.79 Å². The summed E-state index contributed by atoms with van der Waals surface area (Å²) in [4.78, 5) is 25.7. The first-order valence-corrected chi connectivity index (χ1v) is 14.7. The molecule has 4 aromatic rings. The number of aromatic nitrogens is 4. The summed E-state index contributed by atoms with van der Waals surface area (Å²) in [7, 11) is 1.68. The molecule has 1 aliphatic heterocycles. The molecule has 2 saturated carbocycles. The van der Waals surface area contributed by atoms with Crippen molar-refractivity contribution in [3.63, 3.8) is 0 Å². The molecule has 1 amide bonds. The largest absolute Gasteiger partial charge is 0.482 e. The number of methoxy groups -OCH3 is 1. The van der Waals surface area contributed by atoms with E-state index < -0.39 is 0 Å². The Bertz CT molecular complexity index is 1560. The van der Waals surface area contributed by atoms with Gasteiger partial charge in [-0.05, 0) is 75.1 Å². The summed E-state index contributed by atoms with van der Waals surface area (Å²) >= 11 is 0. The Labute approximate surface area is 229 Å². The summed E-state index contributed by atoms with van der Waals surface area (Å²) in [5, 5.41) is 1.16. The fraction of sp³-hybridized carbons (Fsp3) is 0.516. The van der Waals surface area contributed by atoms with Crippen LogP contribution in [0.1, 0.15) is 79.5 Å². The molecule has 2 aliphatic carbocycles. The van der Waals surface area contributed by atoms with Gasteiger partial charge in [0.15, 0.2) is 5.88 Å². The Morgan fingerprint density at radius 1 is 1.08 bits per heavy atom. The predicted molar refractivity (Wildman–Crippen MR) is 152 cm³/mol. The molecule has 3 aliphatic rings. The Hall–Kier alpha value is -3.39. The minimum atomic E-state index is -0.000152. The van der Waals surface area contributed by atoms with Gasteiger partial charge in [-0.15, -0.1) is 0 Å². The number of carbonyl (C=O) groups excluding carboxylic acids is 1. The zero-order chi connectivity index (χ0) is 26.7. The molecule has 0 spiro atoms. The first-order chi connectivity index (χ1) is 19.0. The van der Waals surface area contributed by atoms with Crippen LogP contribution in [0.5, 0.6) is 5.88 Å². The molecule has 2 N–H and O–H groups in total. The third-order valence-corrected chi connectivity index (χ3v) is 8.96. The van der Waals surface area contributed by atoms with Crippen LogP contribution in [-0.4, -0.2) is 56.0 Å². The lowest BCUT2D eigenvalue weighted by Crippen LogP contribution is -2.45. The van der Waals surface area contributed by atoms with Crippen LogP contribution in [0.15, 0.2) is 30.3 Å². The van der Waals surface area contributed by atoms with Crippen molar-refractivity contribution in [1.82, 2.24) is 23.8 Å². The number of hydrogen-bond acceptors (Lipinski definition) is 5. The van der Waals surface area contributed by atoms with Crippen molar-refractivity contribution in [2.45, 2.75) is 76.8 Å². The van der Waals surface area contributed by atoms with Gasteiger partial charge in [0, 0.05) is 54.3 Å². The number of carbonyl (C=O) groups is 1. The van der Waals surface area contributed by atoms with Crippen molar-refractivity contribution in [3.05, 3.63) is 47.3 Å². The Kier molecular flexibility index (Phi) is 6.10. The lowest BCUT2D eigenvalue weighted by atomic mass is 9.81. The number of pyridine rings is 2. The molecule has 3 fully saturated rings. The van der Waals surface area contributed by atoms with Crippen molar-refractivity contribution >= 4 is 22.6 Å². The molecule has 39 heavy (non-hydrogen) atoms. The quantitative estimate of drug-likeness (QED) is 0.359. The lowest BCUT2D eigenvalue weighted by Gasteiger charge is -2.31. The smallest absolute Gasteiger partial charge is 0.254 e. The number of aryl methyl sites for hydroxylation is 1. The van der Waals surface area contributed by atoms with Crippen molar-refractivity contribution < 1.29 is 9.53 Å². The summed E-state index contributed by atoms with van der Waals surface area (Å²) in [6, 6.07) is 10.5. The first-order valence-electron chi connectivity index (χ1n) is 14.7. The number of likely N-dealkylation sites (tertiary alicyclic amines) is 1. The van der Waals surface area contributed by atoms with Crippen molar-refractivity contribution in [2.75, 3.05) is 20.2 Å². The molecule has 7 rings (SSSR count). The van der Waals surface area contributed by atoms with Crippen molar-refractivity contribution in [1.29, 1.82) is 0 Å². The fourth-order valence-electron chi connectivity index (χ4n) is 6.36. The van der Waals surface area contributed by atoms with Gasteiger partial charge in [0.05, 0.1) is 18.5 Å². The van der Waals surface area contributed by atoms with Gasteiger partial charge in [-0.2, -0.15) is 0 Å². The molecule has 204 valence electrons. The van der Waals surface area contributed by atoms with E-state index in [2.05, 4.69) is 34.1 Å². The van der Waals surface area contributed by atoms with Crippen molar-refractivity contribution in [2.24, 2.45) is 11.7 Å². The van der Waals surface area contributed by atoms with Gasteiger partial charge >= 0.3 is 0 Å². The Balaban J connectivity index is 1.41. The van der Waals surface area contributed by atoms with Crippen LogP contribution in [0, 0.1) is 5.92 Å². The standard InChI is InChI=1S/C31H38N6O2/c1-3-24-12-11-21-14-25(36(30(21)33-24)17-19-9-10-19)28-29(20-6-4-7-20)37-26(34-28)15-22(16-27(37)39-2)31(38)35-13-5-8-23(32)18-35/h11-12,14-16,19-20,23H,3-10,13,17-18,32H2,1-2H3/t23-/m1/s1. The first kappa shape index (κ1) is 24.6. The highest BCUT2D eigenvalue weighted by molar-refractivity contribution is 5.96. The van der Waals surface area contributed by atoms with E-state index in [1.54, 1.807) is 7.11 Å². The average molecular weight is 527 g/mol. The van der Waals surface area contributed by atoms with Gasteiger partial charge in [0.1, 0.15) is 17.0 Å². The Morgan fingerprint density at radius 2 is 1.92 bits per heavy atom. The van der Waals surface area contributed by atoms with E-state index in [0.717, 1.165) is 79.0 Å². The van der Waals surface area contributed by atoms with Crippen LogP contribution in [0.4, 0.5) is 0 Å². The van der Waals surface area contributed by atoms with Crippen LogP contribution >= 0.6 is 0 Å². The molecule has 0 aromatic carbocycles. The molecule has 0 bridgehead atoms. The van der Waals surface area contributed by atoms with Gasteiger partial charge in [-0.3, -0.25) is 9.20 Å². The number of rotatable bonds is 7. The van der Waals surface area contributed by atoms with Crippen LogP contribution in [0.2, 0.25) is 0 Å². The average Bonchev–Trinajstić information content (AvgIpc) is 3.58. The third kappa shape index (κ3) is 4.29. The molecule has 5 heterocycles. The van der Waals surface area contributed by atoms with Crippen LogP contribution < -0.4 is 10.5 Å². The zero-order valence-corrected chi connectivity index (χ0v) is 23.0. The van der Waals surface area contributed by atoms with E-state index in [1.807, 2.05) is 17.0 Å². The predicted octanol–water partition coefficient (Wildman–Crippen LogP) is 5.16. The molecule has 8 nitrogen and oxygen atoms in total. The zero-order valence-electron chi connectivity index (χ0n) is 23.0. The molecule has 4 aromatic heterocycles. The molecule has 0 radical (unpaired) electrons. The number of amides is 1. The molecular weight excluding hydrogens is 488 g/mol. The van der Waals surface area contributed by atoms with Gasteiger partial charge in [0.25, 0.3) is 5.91 Å². The van der Waals surface area contributed by atoms with Crippen LogP contribution in [0.25, 0.3) is 28.1 Å². The second-order valence-electron chi connectivity index (χ2n) is 11.8. The van der Waals surface area contributed by atoms with E-state index in [-0.39, 0.29) is 11.9 Å². The molecule has 1 atom stereocenters. The third-order valence-electron chi connectivity index (χ3n) is 8.96. The second-order valence-corrected chi connectivity index (χ2v) is 11.8. The highest BCUT2D eigenvalue weighted by atomic mass is 16.5. The molecule has 1 saturated heterocycles. The topological polar surface area (TPSA) is 90.7 Å². The number of fused-ring (bicyclic) bond motifs is 2. The van der Waals surface area contributed by atoms with Gasteiger partial charge in [-0.25, -0.2) is 9.97 Å². The molecule has 8 heteroatoms. The highest BCUT2D eigenvalue weighted by Crippen LogP contribution is 2.44. The number of nitrogens with zero attached hydrogens (tertiary/aromatic N) is 5. The van der Waals surface area contributed by atoms with E-state index in [1.165, 1.54) is 25.0 Å². The minimum absolute atomic E-state index is 0.000152. The number of nitrogens with two attached hydrogens (primary N) is 1. The van der Waals surface area contributed by atoms with Gasteiger partial charge in [-0.1, -0.05) is 13.3 Å². The summed E-state index contributed by atoms with van der Waals surface area (Å²) in [5.74, 6) is 1.77. The summed E-state index contributed by atoms with van der Waals surface area (Å²) < 4.78 is 10.5. The van der Waals surface area contributed by atoms with Gasteiger partial charge < -0.3 is 19.9 Å². The molecular formula is C31H38N6O2. The highest BCUT2D eigenvalue weighted by Gasteiger charge is 2.33. The number of imidazole rings is 1. The second kappa shape index (κ2) is 9.66. The summed E-state index contributed by atoms with van der Waals surface area (Å²) in [6.45, 7) is 4.45. The maximum atomic E-state index is 13.5. The number of ether oxygens (including phenoxy) is 1. The van der Waals surface area contributed by atoms with Gasteiger partial charge in [0.2, 0.25) is 0 Å². The normalized spacial score (nSPS) is 20.1. The minimum Gasteiger partial charge on any atom is -0.482 e.